The van der Waals surface area contributed by atoms with Crippen molar-refractivity contribution in [2.24, 2.45) is 11.5 Å². The number of anilines is 1. The molecule has 2 aromatic heterocycles. The molecule has 2 fully saturated rings. The third-order valence-corrected chi connectivity index (χ3v) is 12.2. The van der Waals surface area contributed by atoms with Crippen LogP contribution in [0.25, 0.3) is 21.8 Å². The van der Waals surface area contributed by atoms with E-state index < -0.39 is 5.91 Å². The molecule has 4 heterocycles. The van der Waals surface area contributed by atoms with Crippen molar-refractivity contribution >= 4 is 85.0 Å². The molecule has 0 bridgehead atoms. The molecule has 18 heteroatoms. The van der Waals surface area contributed by atoms with Crippen LogP contribution in [0.3, 0.4) is 0 Å². The van der Waals surface area contributed by atoms with Gasteiger partial charge in [-0.25, -0.2) is 0 Å². The van der Waals surface area contributed by atoms with Crippen molar-refractivity contribution in [2.45, 2.75) is 47.6 Å². The third kappa shape index (κ3) is 10.1. The zero-order valence-corrected chi connectivity index (χ0v) is 32.3. The van der Waals surface area contributed by atoms with Crippen molar-refractivity contribution in [3.63, 3.8) is 0 Å². The molecule has 294 valence electrons. The first-order valence-corrected chi connectivity index (χ1v) is 20.5. The fraction of sp³-hybridized carbons (Fsp3) is 0.368. The summed E-state index contributed by atoms with van der Waals surface area (Å²) < 4.78 is 0. The number of rotatable bonds is 18. The molecule has 6 rings (SSSR count). The van der Waals surface area contributed by atoms with Gasteiger partial charge in [-0.3, -0.25) is 48.5 Å². The van der Waals surface area contributed by atoms with Crippen LogP contribution in [0, 0.1) is 0 Å². The number of amides is 6. The molecular formula is C38H44N10O6S2. The van der Waals surface area contributed by atoms with Gasteiger partial charge in [-0.1, -0.05) is 33.7 Å². The maximum Gasteiger partial charge on any atom is 0.251 e. The second kappa shape index (κ2) is 19.0. The Bertz CT molecular complexity index is 2120. The Labute approximate surface area is 331 Å². The van der Waals surface area contributed by atoms with E-state index in [9.17, 15) is 28.8 Å². The fourth-order valence-corrected chi connectivity index (χ4v) is 9.37. The van der Waals surface area contributed by atoms with Crippen LogP contribution in [0.15, 0.2) is 70.7 Å². The molecule has 7 N–H and O–H groups in total. The number of hydrogen-bond acceptors (Lipinski definition) is 12. The fourth-order valence-electron chi connectivity index (χ4n) is 7.05. The summed E-state index contributed by atoms with van der Waals surface area (Å²) in [5.74, 6) is -1.89. The lowest BCUT2D eigenvalue weighted by Gasteiger charge is -2.22. The molecule has 4 aromatic rings. The standard InChI is InChI=1S/C38H44N10O6S2/c39-36(52)28-7-3-13-46(28)15-11-41-32(50)21-45-38(54)26-17-24-5-1-9-43-34(24)30(19-26)55-56-31-20-27(18-25-6-2-10-44-35(25)31)48(23-49)22-33(51)42-12-16-47-14-4-8-29(47)37(40)53/h1-2,5-6,9-10,17-20,23,28-29H,3-4,7-8,11-16,21-22H2,(H2,39,52)(H2,40,53)(H,41,50)(H,42,51)(H,45,54)/t28-,29?/m0/s1. The molecule has 1 unspecified atom stereocenters. The van der Waals surface area contributed by atoms with Crippen molar-refractivity contribution in [1.82, 2.24) is 35.7 Å². The summed E-state index contributed by atoms with van der Waals surface area (Å²) in [5, 5.41) is 9.81. The molecule has 6 amide bonds. The van der Waals surface area contributed by atoms with Gasteiger partial charge in [0, 0.05) is 70.4 Å². The average molecular weight is 801 g/mol. The lowest BCUT2D eigenvalue weighted by molar-refractivity contribution is -0.123. The summed E-state index contributed by atoms with van der Waals surface area (Å²) >= 11 is 0. The van der Waals surface area contributed by atoms with Gasteiger partial charge in [0.2, 0.25) is 30.0 Å². The Morgan fingerprint density at radius 2 is 1.32 bits per heavy atom. The summed E-state index contributed by atoms with van der Waals surface area (Å²) in [4.78, 5) is 90.3. The average Bonchev–Trinajstić information content (AvgIpc) is 3.88. The van der Waals surface area contributed by atoms with Gasteiger partial charge in [0.25, 0.3) is 5.91 Å². The second-order valence-electron chi connectivity index (χ2n) is 13.5. The summed E-state index contributed by atoms with van der Waals surface area (Å²) in [6.45, 7) is 2.61. The Balaban J connectivity index is 1.10. The molecule has 2 atom stereocenters. The van der Waals surface area contributed by atoms with Gasteiger partial charge >= 0.3 is 0 Å². The number of carbonyl (C=O) groups is 6. The highest BCUT2D eigenvalue weighted by atomic mass is 33.1. The van der Waals surface area contributed by atoms with Crippen molar-refractivity contribution in [2.75, 3.05) is 57.3 Å². The van der Waals surface area contributed by atoms with Gasteiger partial charge < -0.3 is 32.3 Å². The Hall–Kier alpha value is -5.30. The smallest absolute Gasteiger partial charge is 0.251 e. The largest absolute Gasteiger partial charge is 0.368 e. The van der Waals surface area contributed by atoms with Gasteiger partial charge in [-0.15, -0.1) is 0 Å². The van der Waals surface area contributed by atoms with Crippen LogP contribution >= 0.6 is 21.6 Å². The topological polar surface area (TPSA) is 226 Å². The molecule has 0 radical (unpaired) electrons. The first-order chi connectivity index (χ1) is 27.1. The lowest BCUT2D eigenvalue weighted by Crippen LogP contribution is -2.45. The number of primary amides is 2. The molecule has 2 aliphatic rings. The second-order valence-corrected chi connectivity index (χ2v) is 15.8. The zero-order chi connectivity index (χ0) is 39.6. The van der Waals surface area contributed by atoms with Crippen molar-refractivity contribution in [1.29, 1.82) is 0 Å². The molecule has 16 nitrogen and oxygen atoms in total. The Morgan fingerprint density at radius 3 is 1.89 bits per heavy atom. The summed E-state index contributed by atoms with van der Waals surface area (Å²) in [6, 6.07) is 13.7. The molecule has 2 aromatic carbocycles. The van der Waals surface area contributed by atoms with E-state index in [-0.39, 0.29) is 48.8 Å². The molecule has 2 aliphatic heterocycles. The Kier molecular flexibility index (Phi) is 13.7. The summed E-state index contributed by atoms with van der Waals surface area (Å²) in [5.41, 5.74) is 13.2. The van der Waals surface area contributed by atoms with E-state index in [0.29, 0.717) is 77.5 Å². The van der Waals surface area contributed by atoms with Gasteiger partial charge in [-0.05, 0) is 75.2 Å². The number of fused-ring (bicyclic) bond motifs is 2. The minimum Gasteiger partial charge on any atom is -0.368 e. The number of hydrogen-bond donors (Lipinski definition) is 5. The van der Waals surface area contributed by atoms with Crippen molar-refractivity contribution in [3.8, 4) is 0 Å². The van der Waals surface area contributed by atoms with Crippen LogP contribution in [0.4, 0.5) is 5.69 Å². The number of nitrogens with zero attached hydrogens (tertiary/aromatic N) is 5. The number of aromatic nitrogens is 2. The van der Waals surface area contributed by atoms with Gasteiger partial charge in [0.15, 0.2) is 0 Å². The van der Waals surface area contributed by atoms with Gasteiger partial charge in [-0.2, -0.15) is 0 Å². The van der Waals surface area contributed by atoms with E-state index in [1.807, 2.05) is 21.9 Å². The van der Waals surface area contributed by atoms with Gasteiger partial charge in [0.1, 0.15) is 6.54 Å². The van der Waals surface area contributed by atoms with Crippen molar-refractivity contribution in [3.05, 3.63) is 66.5 Å². The van der Waals surface area contributed by atoms with Crippen molar-refractivity contribution < 1.29 is 28.8 Å². The van der Waals surface area contributed by atoms with E-state index in [0.717, 1.165) is 36.7 Å². The van der Waals surface area contributed by atoms with E-state index in [2.05, 4.69) is 25.9 Å². The van der Waals surface area contributed by atoms with E-state index in [1.165, 1.54) is 26.5 Å². The number of benzene rings is 2. The maximum absolute atomic E-state index is 13.3. The number of nitrogens with two attached hydrogens (primary N) is 2. The monoisotopic (exact) mass is 800 g/mol. The highest BCUT2D eigenvalue weighted by Crippen LogP contribution is 2.44. The van der Waals surface area contributed by atoms with Crippen LogP contribution in [0.2, 0.25) is 0 Å². The number of nitrogens with one attached hydrogen (secondary N) is 3. The number of pyridine rings is 2. The highest BCUT2D eigenvalue weighted by Gasteiger charge is 2.29. The number of likely N-dealkylation sites (tertiary alicyclic amines) is 2. The normalized spacial score (nSPS) is 17.1. The first-order valence-electron chi connectivity index (χ1n) is 18.3. The van der Waals surface area contributed by atoms with E-state index >= 15 is 0 Å². The highest BCUT2D eigenvalue weighted by molar-refractivity contribution is 8.76. The summed E-state index contributed by atoms with van der Waals surface area (Å²) in [7, 11) is 2.73. The van der Waals surface area contributed by atoms with Gasteiger partial charge in [0.05, 0.1) is 29.7 Å². The quantitative estimate of drug-likeness (QED) is 0.0712. The maximum atomic E-state index is 13.3. The lowest BCUT2D eigenvalue weighted by atomic mass is 10.1. The number of carbonyl (C=O) groups excluding carboxylic acids is 6. The van der Waals surface area contributed by atoms with E-state index in [1.54, 1.807) is 48.8 Å². The third-order valence-electron chi connectivity index (χ3n) is 9.82. The molecule has 0 saturated carbocycles. The zero-order valence-electron chi connectivity index (χ0n) is 30.6. The van der Waals surface area contributed by atoms with Crippen LogP contribution in [0.5, 0.6) is 0 Å². The minimum atomic E-state index is -0.437. The molecular weight excluding hydrogens is 757 g/mol. The molecule has 0 aliphatic carbocycles. The first kappa shape index (κ1) is 40.4. The molecule has 2 saturated heterocycles. The Morgan fingerprint density at radius 1 is 0.768 bits per heavy atom. The van der Waals surface area contributed by atoms with Crippen LogP contribution in [0.1, 0.15) is 36.0 Å². The summed E-state index contributed by atoms with van der Waals surface area (Å²) in [6.07, 6.45) is 7.10. The van der Waals surface area contributed by atoms with E-state index in [4.69, 9.17) is 11.5 Å². The predicted octanol–water partition coefficient (Wildman–Crippen LogP) is 1.41. The van der Waals surface area contributed by atoms with Crippen LogP contribution < -0.4 is 32.3 Å². The van der Waals surface area contributed by atoms with Crippen LogP contribution in [-0.4, -0.2) is 120 Å². The molecule has 56 heavy (non-hydrogen) atoms. The molecule has 0 spiro atoms. The predicted molar refractivity (Wildman–Crippen MR) is 215 cm³/mol. The SMILES string of the molecule is NC(=O)C1CCCN1CCNC(=O)CN(C=O)c1cc(SSc2cc(C(=O)NCC(=O)NCCN3CCC[C@H]3C(N)=O)cc3cccnc23)c2ncccc2c1. The minimum absolute atomic E-state index is 0.219. The van der Waals surface area contributed by atoms with Crippen LogP contribution in [-0.2, 0) is 24.0 Å².